The van der Waals surface area contributed by atoms with Crippen molar-refractivity contribution < 1.29 is 19.4 Å². The highest BCUT2D eigenvalue weighted by atomic mass is 35.5. The summed E-state index contributed by atoms with van der Waals surface area (Å²) in [5.74, 6) is -0.218. The lowest BCUT2D eigenvalue weighted by atomic mass is 10.2. The fourth-order valence-electron chi connectivity index (χ4n) is 2.50. The minimum Gasteiger partial charge on any atom is -0.449 e. The summed E-state index contributed by atoms with van der Waals surface area (Å²) in [6.07, 6.45) is 1.82. The maximum Gasteiger partial charge on any atom is 0.410 e. The van der Waals surface area contributed by atoms with Gasteiger partial charge >= 0.3 is 6.09 Å². The van der Waals surface area contributed by atoms with Gasteiger partial charge < -0.3 is 20.1 Å². The Balaban J connectivity index is 1.90. The summed E-state index contributed by atoms with van der Waals surface area (Å²) in [6.45, 7) is 2.57. The highest BCUT2D eigenvalue weighted by molar-refractivity contribution is 7.17. The Hall–Kier alpha value is -1.31. The van der Waals surface area contributed by atoms with Crippen molar-refractivity contribution in [1.82, 2.24) is 10.2 Å². The molecule has 1 fully saturated rings. The van der Waals surface area contributed by atoms with E-state index in [0.717, 1.165) is 12.8 Å². The molecular weight excluding hydrogens is 340 g/mol. The lowest BCUT2D eigenvalue weighted by Gasteiger charge is -2.22. The smallest absolute Gasteiger partial charge is 0.410 e. The summed E-state index contributed by atoms with van der Waals surface area (Å²) >= 11 is 7.03. The lowest BCUT2D eigenvalue weighted by molar-refractivity contribution is 0.0828. The molecule has 0 aromatic carbocycles. The number of hydrogen-bond acceptors (Lipinski definition) is 5. The van der Waals surface area contributed by atoms with Gasteiger partial charge in [-0.25, -0.2) is 4.79 Å². The molecule has 1 saturated heterocycles. The van der Waals surface area contributed by atoms with Crippen LogP contribution in [0.25, 0.3) is 0 Å². The average molecular weight is 361 g/mol. The third-order valence-corrected chi connectivity index (χ3v) is 4.95. The van der Waals surface area contributed by atoms with Crippen molar-refractivity contribution in [3.05, 3.63) is 21.3 Å². The number of nitrogens with one attached hydrogen (secondary N) is 1. The number of likely N-dealkylation sites (tertiary alicyclic amines) is 1. The van der Waals surface area contributed by atoms with Crippen LogP contribution in [-0.4, -0.2) is 53.8 Å². The van der Waals surface area contributed by atoms with E-state index in [1.54, 1.807) is 12.1 Å². The number of carbonyl (C=O) groups is 2. The van der Waals surface area contributed by atoms with Crippen LogP contribution in [0, 0.1) is 0 Å². The van der Waals surface area contributed by atoms with Crippen LogP contribution in [0.4, 0.5) is 4.79 Å². The molecule has 0 saturated carbocycles. The predicted octanol–water partition coefficient (Wildman–Crippen LogP) is 2.50. The first-order chi connectivity index (χ1) is 11.0. The second kappa shape index (κ2) is 8.52. The van der Waals surface area contributed by atoms with Crippen LogP contribution >= 0.6 is 22.9 Å². The summed E-state index contributed by atoms with van der Waals surface area (Å²) in [4.78, 5) is 26.2. The zero-order valence-corrected chi connectivity index (χ0v) is 14.5. The molecule has 2 amide bonds. The molecule has 0 bridgehead atoms. The van der Waals surface area contributed by atoms with Gasteiger partial charge in [-0.05, 0) is 25.0 Å². The van der Waals surface area contributed by atoms with Gasteiger partial charge in [0, 0.05) is 12.6 Å². The number of amides is 2. The molecule has 6 nitrogen and oxygen atoms in total. The molecule has 8 heteroatoms. The molecule has 128 valence electrons. The number of aliphatic hydroxyl groups excluding tert-OH is 1. The van der Waals surface area contributed by atoms with Crippen LogP contribution in [-0.2, 0) is 4.74 Å². The molecule has 23 heavy (non-hydrogen) atoms. The molecule has 1 aromatic rings. The number of rotatable bonds is 6. The third kappa shape index (κ3) is 4.83. The van der Waals surface area contributed by atoms with Gasteiger partial charge in [0.2, 0.25) is 0 Å². The van der Waals surface area contributed by atoms with Crippen LogP contribution in [0.1, 0.15) is 35.9 Å². The zero-order chi connectivity index (χ0) is 16.8. The minimum absolute atomic E-state index is 0.153. The quantitative estimate of drug-likeness (QED) is 0.764. The van der Waals surface area contributed by atoms with Crippen LogP contribution in [0.3, 0.4) is 0 Å². The average Bonchev–Trinajstić information content (AvgIpc) is 3.13. The molecule has 0 aliphatic carbocycles. The highest BCUT2D eigenvalue weighted by Gasteiger charge is 2.36. The Kier molecular flexibility index (Phi) is 6.68. The highest BCUT2D eigenvalue weighted by Crippen LogP contribution is 2.23. The van der Waals surface area contributed by atoms with Crippen molar-refractivity contribution >= 4 is 34.9 Å². The molecule has 0 unspecified atom stereocenters. The van der Waals surface area contributed by atoms with Crippen molar-refractivity contribution in [2.45, 2.75) is 38.3 Å². The van der Waals surface area contributed by atoms with Gasteiger partial charge in [-0.3, -0.25) is 4.79 Å². The Morgan fingerprint density at radius 2 is 2.30 bits per heavy atom. The van der Waals surface area contributed by atoms with Crippen molar-refractivity contribution in [3.8, 4) is 0 Å². The molecular formula is C15H21ClN2O4S. The molecule has 0 radical (unpaired) electrons. The first kappa shape index (κ1) is 18.0. The number of ether oxygens (including phenoxy) is 1. The first-order valence-electron chi connectivity index (χ1n) is 7.65. The van der Waals surface area contributed by atoms with E-state index in [9.17, 15) is 14.7 Å². The topological polar surface area (TPSA) is 78.9 Å². The van der Waals surface area contributed by atoms with Gasteiger partial charge in [0.15, 0.2) is 0 Å². The summed E-state index contributed by atoms with van der Waals surface area (Å²) in [5.41, 5.74) is 0. The second-order valence-corrected chi connectivity index (χ2v) is 7.18. The van der Waals surface area contributed by atoms with Crippen molar-refractivity contribution in [3.63, 3.8) is 0 Å². The summed E-state index contributed by atoms with van der Waals surface area (Å²) < 4.78 is 5.74. The van der Waals surface area contributed by atoms with E-state index in [0.29, 0.717) is 28.8 Å². The summed E-state index contributed by atoms with van der Waals surface area (Å²) in [6, 6.07) is 2.79. The van der Waals surface area contributed by atoms with E-state index in [2.05, 4.69) is 5.32 Å². The molecule has 1 aliphatic rings. The fraction of sp³-hybridized carbons (Fsp3) is 0.600. The maximum atomic E-state index is 12.1. The Labute approximate surface area is 144 Å². The predicted molar refractivity (Wildman–Crippen MR) is 89.0 cm³/mol. The number of carbonyl (C=O) groups excluding carboxylic acids is 2. The third-order valence-electron chi connectivity index (χ3n) is 3.72. The monoisotopic (exact) mass is 360 g/mol. The molecule has 0 spiro atoms. The van der Waals surface area contributed by atoms with Crippen LogP contribution in [0.2, 0.25) is 4.34 Å². The Morgan fingerprint density at radius 1 is 1.52 bits per heavy atom. The van der Waals surface area contributed by atoms with Crippen LogP contribution in [0.15, 0.2) is 12.1 Å². The largest absolute Gasteiger partial charge is 0.449 e. The second-order valence-electron chi connectivity index (χ2n) is 5.47. The minimum atomic E-state index is -0.437. The maximum absolute atomic E-state index is 12.1. The van der Waals surface area contributed by atoms with Gasteiger partial charge in [-0.15, -0.1) is 11.3 Å². The van der Waals surface area contributed by atoms with Crippen molar-refractivity contribution in [2.75, 3.05) is 19.8 Å². The summed E-state index contributed by atoms with van der Waals surface area (Å²) in [7, 11) is 0. The SMILES string of the molecule is CCCCOC(=O)N1C[C@H](NC(=O)c2ccc(Cl)s2)C[C@H]1CO. The van der Waals surface area contributed by atoms with E-state index in [-0.39, 0.29) is 24.6 Å². The normalized spacial score (nSPS) is 20.6. The fourth-order valence-corrected chi connectivity index (χ4v) is 3.44. The molecule has 1 aliphatic heterocycles. The van der Waals surface area contributed by atoms with Gasteiger partial charge in [0.25, 0.3) is 5.91 Å². The van der Waals surface area contributed by atoms with E-state index in [1.807, 2.05) is 6.92 Å². The lowest BCUT2D eigenvalue weighted by Crippen LogP contribution is -2.40. The number of halogens is 1. The summed E-state index contributed by atoms with van der Waals surface area (Å²) in [5, 5.41) is 12.3. The number of hydrogen-bond donors (Lipinski definition) is 2. The molecule has 2 heterocycles. The number of unbranched alkanes of at least 4 members (excludes halogenated alkanes) is 1. The van der Waals surface area contributed by atoms with E-state index in [4.69, 9.17) is 16.3 Å². The van der Waals surface area contributed by atoms with E-state index < -0.39 is 6.09 Å². The van der Waals surface area contributed by atoms with Crippen LogP contribution in [0.5, 0.6) is 0 Å². The molecule has 1 aromatic heterocycles. The number of thiophene rings is 1. The van der Waals surface area contributed by atoms with Gasteiger partial charge in [-0.2, -0.15) is 0 Å². The number of aliphatic hydroxyl groups is 1. The van der Waals surface area contributed by atoms with Crippen molar-refractivity contribution in [1.29, 1.82) is 0 Å². The van der Waals surface area contributed by atoms with Crippen LogP contribution < -0.4 is 5.32 Å². The van der Waals surface area contributed by atoms with Crippen molar-refractivity contribution in [2.24, 2.45) is 0 Å². The molecule has 2 N–H and O–H groups in total. The first-order valence-corrected chi connectivity index (χ1v) is 8.85. The van der Waals surface area contributed by atoms with Gasteiger partial charge in [-0.1, -0.05) is 24.9 Å². The number of nitrogens with zero attached hydrogens (tertiary/aromatic N) is 1. The van der Waals surface area contributed by atoms with Gasteiger partial charge in [0.05, 0.1) is 28.5 Å². The zero-order valence-electron chi connectivity index (χ0n) is 13.0. The van der Waals surface area contributed by atoms with E-state index >= 15 is 0 Å². The van der Waals surface area contributed by atoms with E-state index in [1.165, 1.54) is 16.2 Å². The Morgan fingerprint density at radius 3 is 2.91 bits per heavy atom. The molecule has 2 rings (SSSR count). The standard InChI is InChI=1S/C15H21ClN2O4S/c1-2-3-6-22-15(21)18-8-10(7-11(18)9-19)17-14(20)12-4-5-13(16)23-12/h4-5,10-11,19H,2-3,6-9H2,1H3,(H,17,20)/t10-,11+/m1/s1. The Bertz CT molecular complexity index is 551. The molecule has 2 atom stereocenters. The van der Waals surface area contributed by atoms with Gasteiger partial charge in [0.1, 0.15) is 0 Å².